The molecule has 0 fully saturated rings. The Morgan fingerprint density at radius 1 is 1.55 bits per heavy atom. The molecule has 1 unspecified atom stereocenters. The van der Waals surface area contributed by atoms with E-state index in [4.69, 9.17) is 21.4 Å². The summed E-state index contributed by atoms with van der Waals surface area (Å²) in [5.74, 6) is -1.64. The van der Waals surface area contributed by atoms with Gasteiger partial charge in [-0.1, -0.05) is 17.7 Å². The fraction of sp³-hybridized carbons (Fsp3) is 0.286. The second-order valence-corrected chi connectivity index (χ2v) is 4.59. The van der Waals surface area contributed by atoms with Gasteiger partial charge in [0.15, 0.2) is 6.04 Å². The molecule has 0 bridgehead atoms. The molecule has 0 saturated carbocycles. The zero-order valence-corrected chi connectivity index (χ0v) is 11.8. The lowest BCUT2D eigenvalue weighted by atomic mass is 10.1. The van der Waals surface area contributed by atoms with E-state index in [1.807, 2.05) is 0 Å². The van der Waals surface area contributed by atoms with Gasteiger partial charge < -0.3 is 15.2 Å². The normalized spacial score (nSPS) is 11.7. The van der Waals surface area contributed by atoms with E-state index in [2.05, 4.69) is 11.9 Å². The fourth-order valence-corrected chi connectivity index (χ4v) is 1.79. The Kier molecular flexibility index (Phi) is 6.21. The van der Waals surface area contributed by atoms with Crippen molar-refractivity contribution in [2.24, 2.45) is 0 Å². The minimum absolute atomic E-state index is 0.125. The minimum atomic E-state index is -1.16. The lowest BCUT2D eigenvalue weighted by molar-refractivity contribution is -0.140. The van der Waals surface area contributed by atoms with Crippen LogP contribution >= 0.6 is 11.6 Å². The number of halogens is 1. The average molecular weight is 298 g/mol. The first-order valence-corrected chi connectivity index (χ1v) is 6.32. The molecule has 1 aromatic rings. The van der Waals surface area contributed by atoms with Gasteiger partial charge in [0.05, 0.1) is 13.2 Å². The van der Waals surface area contributed by atoms with E-state index in [-0.39, 0.29) is 13.2 Å². The Balaban J connectivity index is 2.74. The number of carboxylic acids is 1. The maximum Gasteiger partial charge on any atom is 0.328 e. The summed E-state index contributed by atoms with van der Waals surface area (Å²) < 4.78 is 5.06. The Hall–Kier alpha value is -1.85. The molecule has 0 aliphatic carbocycles. The summed E-state index contributed by atoms with van der Waals surface area (Å²) in [6.45, 7) is 5.28. The molecule has 2 N–H and O–H groups in total. The van der Waals surface area contributed by atoms with Crippen molar-refractivity contribution < 1.29 is 19.4 Å². The van der Waals surface area contributed by atoms with Crippen LogP contribution in [-0.2, 0) is 9.53 Å². The molecular formula is C14H16ClNO4. The zero-order chi connectivity index (χ0) is 15.1. The van der Waals surface area contributed by atoms with Crippen LogP contribution in [-0.4, -0.2) is 36.2 Å². The van der Waals surface area contributed by atoms with Crippen molar-refractivity contribution in [1.82, 2.24) is 5.32 Å². The number of carbonyl (C=O) groups excluding carboxylic acids is 1. The molecule has 0 aliphatic rings. The van der Waals surface area contributed by atoms with E-state index < -0.39 is 17.9 Å². The summed E-state index contributed by atoms with van der Waals surface area (Å²) >= 11 is 5.81. The molecule has 0 aromatic heterocycles. The number of carbonyl (C=O) groups is 2. The molecule has 0 saturated heterocycles. The molecule has 5 nitrogen and oxygen atoms in total. The first-order valence-electron chi connectivity index (χ1n) is 5.94. The van der Waals surface area contributed by atoms with Crippen molar-refractivity contribution in [2.45, 2.75) is 13.0 Å². The molecule has 1 aromatic carbocycles. The number of carboxylic acid groups (broad SMARTS) is 1. The Morgan fingerprint density at radius 3 is 2.80 bits per heavy atom. The minimum Gasteiger partial charge on any atom is -0.480 e. The van der Waals surface area contributed by atoms with Gasteiger partial charge in [-0.25, -0.2) is 4.79 Å². The van der Waals surface area contributed by atoms with Crippen molar-refractivity contribution in [1.29, 1.82) is 0 Å². The third kappa shape index (κ3) is 4.68. The highest BCUT2D eigenvalue weighted by Crippen LogP contribution is 2.15. The maximum atomic E-state index is 12.0. The molecule has 0 radical (unpaired) electrons. The van der Waals surface area contributed by atoms with E-state index in [1.165, 1.54) is 6.08 Å². The summed E-state index contributed by atoms with van der Waals surface area (Å²) in [5, 5.41) is 12.0. The van der Waals surface area contributed by atoms with Gasteiger partial charge in [0, 0.05) is 10.6 Å². The number of aryl methyl sites for hydroxylation is 1. The Morgan fingerprint density at radius 2 is 2.25 bits per heavy atom. The molecule has 0 spiro atoms. The van der Waals surface area contributed by atoms with Crippen LogP contribution in [0.2, 0.25) is 5.02 Å². The van der Waals surface area contributed by atoms with E-state index in [1.54, 1.807) is 25.1 Å². The van der Waals surface area contributed by atoms with Crippen LogP contribution in [0.4, 0.5) is 0 Å². The standard InChI is InChI=1S/C14H16ClNO4/c1-3-6-20-8-12(14(18)19)16-13(17)11-5-4-10(15)7-9(11)2/h3-5,7,12H,1,6,8H2,2H3,(H,16,17)(H,18,19). The third-order valence-electron chi connectivity index (χ3n) is 2.56. The number of rotatable bonds is 7. The number of hydrogen-bond acceptors (Lipinski definition) is 3. The number of hydrogen-bond donors (Lipinski definition) is 2. The summed E-state index contributed by atoms with van der Waals surface area (Å²) in [6.07, 6.45) is 1.50. The van der Waals surface area contributed by atoms with Gasteiger partial charge in [0.1, 0.15) is 0 Å². The van der Waals surface area contributed by atoms with Gasteiger partial charge >= 0.3 is 5.97 Å². The summed E-state index contributed by atoms with van der Waals surface area (Å²) in [5.41, 5.74) is 1.05. The lowest BCUT2D eigenvalue weighted by Crippen LogP contribution is -2.44. The van der Waals surface area contributed by atoms with Crippen LogP contribution in [0.5, 0.6) is 0 Å². The second-order valence-electron chi connectivity index (χ2n) is 4.15. The quantitative estimate of drug-likeness (QED) is 0.596. The molecule has 1 rings (SSSR count). The van der Waals surface area contributed by atoms with Gasteiger partial charge in [0.2, 0.25) is 0 Å². The second kappa shape index (κ2) is 7.67. The third-order valence-corrected chi connectivity index (χ3v) is 2.79. The van der Waals surface area contributed by atoms with E-state index in [9.17, 15) is 9.59 Å². The zero-order valence-electron chi connectivity index (χ0n) is 11.1. The van der Waals surface area contributed by atoms with Crippen molar-refractivity contribution >= 4 is 23.5 Å². The molecule has 108 valence electrons. The maximum absolute atomic E-state index is 12.0. The first-order chi connectivity index (χ1) is 9.45. The van der Waals surface area contributed by atoms with Gasteiger partial charge in [-0.05, 0) is 30.7 Å². The van der Waals surface area contributed by atoms with Crippen LogP contribution in [0.3, 0.4) is 0 Å². The predicted octanol–water partition coefficient (Wildman–Crippen LogP) is 2.03. The summed E-state index contributed by atoms with van der Waals surface area (Å²) in [4.78, 5) is 23.1. The summed E-state index contributed by atoms with van der Waals surface area (Å²) in [7, 11) is 0. The van der Waals surface area contributed by atoms with Crippen LogP contribution in [0.15, 0.2) is 30.9 Å². The first kappa shape index (κ1) is 16.2. The fourth-order valence-electron chi connectivity index (χ4n) is 1.56. The number of aliphatic carboxylic acids is 1. The van der Waals surface area contributed by atoms with Gasteiger partial charge in [0.25, 0.3) is 5.91 Å². The molecule has 0 aliphatic heterocycles. The number of nitrogens with one attached hydrogen (secondary N) is 1. The number of amides is 1. The van der Waals surface area contributed by atoms with E-state index >= 15 is 0 Å². The van der Waals surface area contributed by atoms with Crippen molar-refractivity contribution in [3.05, 3.63) is 47.0 Å². The van der Waals surface area contributed by atoms with E-state index in [0.717, 1.165) is 0 Å². The molecule has 1 amide bonds. The Labute approximate surface area is 122 Å². The summed E-state index contributed by atoms with van der Waals surface area (Å²) in [6, 6.07) is 3.65. The van der Waals surface area contributed by atoms with Crippen LogP contribution in [0.1, 0.15) is 15.9 Å². The van der Waals surface area contributed by atoms with Crippen molar-refractivity contribution in [3.8, 4) is 0 Å². The molecular weight excluding hydrogens is 282 g/mol. The smallest absolute Gasteiger partial charge is 0.328 e. The molecule has 6 heteroatoms. The van der Waals surface area contributed by atoms with Crippen LogP contribution in [0.25, 0.3) is 0 Å². The average Bonchev–Trinajstić information content (AvgIpc) is 2.37. The van der Waals surface area contributed by atoms with Crippen LogP contribution < -0.4 is 5.32 Å². The highest BCUT2D eigenvalue weighted by atomic mass is 35.5. The number of ether oxygens (including phenoxy) is 1. The molecule has 20 heavy (non-hydrogen) atoms. The van der Waals surface area contributed by atoms with Crippen molar-refractivity contribution in [3.63, 3.8) is 0 Å². The Bertz CT molecular complexity index is 516. The monoisotopic (exact) mass is 297 g/mol. The highest BCUT2D eigenvalue weighted by Gasteiger charge is 2.21. The topological polar surface area (TPSA) is 75.6 Å². The SMILES string of the molecule is C=CCOCC(NC(=O)c1ccc(Cl)cc1C)C(=O)O. The van der Waals surface area contributed by atoms with E-state index in [0.29, 0.717) is 16.1 Å². The molecule has 1 atom stereocenters. The van der Waals surface area contributed by atoms with Crippen molar-refractivity contribution in [2.75, 3.05) is 13.2 Å². The lowest BCUT2D eigenvalue weighted by Gasteiger charge is -2.15. The van der Waals surface area contributed by atoms with Gasteiger partial charge in [-0.2, -0.15) is 0 Å². The number of benzene rings is 1. The largest absolute Gasteiger partial charge is 0.480 e. The molecule has 0 heterocycles. The highest BCUT2D eigenvalue weighted by molar-refractivity contribution is 6.30. The van der Waals surface area contributed by atoms with Gasteiger partial charge in [-0.15, -0.1) is 6.58 Å². The van der Waals surface area contributed by atoms with Crippen LogP contribution in [0, 0.1) is 6.92 Å². The van der Waals surface area contributed by atoms with Gasteiger partial charge in [-0.3, -0.25) is 4.79 Å². The predicted molar refractivity (Wildman–Crippen MR) is 76.1 cm³/mol.